The maximum Gasteiger partial charge on any atom is 0.328 e. The molecule has 0 bridgehead atoms. The van der Waals surface area contributed by atoms with Gasteiger partial charge in [-0.05, 0) is 53.4 Å². The summed E-state index contributed by atoms with van der Waals surface area (Å²) in [5, 5.41) is 0. The zero-order valence-electron chi connectivity index (χ0n) is 11.1. The fraction of sp³-hybridized carbons (Fsp3) is 0.429. The summed E-state index contributed by atoms with van der Waals surface area (Å²) in [7, 11) is 1.30. The molecule has 108 valence electrons. The normalized spacial score (nSPS) is 18.8. The van der Waals surface area contributed by atoms with Gasteiger partial charge in [-0.3, -0.25) is 4.79 Å². The number of esters is 1. The predicted molar refractivity (Wildman–Crippen MR) is 74.8 cm³/mol. The number of hydrogen-bond donors (Lipinski definition) is 0. The van der Waals surface area contributed by atoms with Gasteiger partial charge in [-0.25, -0.2) is 9.18 Å². The predicted octanol–water partition coefficient (Wildman–Crippen LogP) is 2.76. The smallest absolute Gasteiger partial charge is 0.328 e. The molecule has 20 heavy (non-hydrogen) atoms. The summed E-state index contributed by atoms with van der Waals surface area (Å²) in [6, 6.07) is 3.35. The zero-order valence-corrected chi connectivity index (χ0v) is 12.7. The van der Waals surface area contributed by atoms with E-state index in [0.29, 0.717) is 17.4 Å². The summed E-state index contributed by atoms with van der Waals surface area (Å²) in [5.41, 5.74) is 0.223. The van der Waals surface area contributed by atoms with Gasteiger partial charge in [0, 0.05) is 11.0 Å². The lowest BCUT2D eigenvalue weighted by Crippen LogP contribution is -2.48. The van der Waals surface area contributed by atoms with E-state index in [9.17, 15) is 14.0 Å². The van der Waals surface area contributed by atoms with Crippen LogP contribution in [0.25, 0.3) is 0 Å². The van der Waals surface area contributed by atoms with E-state index in [1.165, 1.54) is 30.2 Å². The van der Waals surface area contributed by atoms with Gasteiger partial charge in [-0.1, -0.05) is 0 Å². The van der Waals surface area contributed by atoms with Crippen molar-refractivity contribution in [3.8, 4) is 0 Å². The van der Waals surface area contributed by atoms with Crippen molar-refractivity contribution >= 4 is 27.8 Å². The van der Waals surface area contributed by atoms with Crippen molar-refractivity contribution in [2.75, 3.05) is 13.7 Å². The molecule has 0 spiro atoms. The van der Waals surface area contributed by atoms with Crippen molar-refractivity contribution in [1.82, 2.24) is 4.90 Å². The first-order valence-corrected chi connectivity index (χ1v) is 7.17. The van der Waals surface area contributed by atoms with Crippen LogP contribution in [0.2, 0.25) is 0 Å². The molecule has 1 saturated heterocycles. The first-order valence-electron chi connectivity index (χ1n) is 6.38. The fourth-order valence-corrected chi connectivity index (χ4v) is 2.79. The van der Waals surface area contributed by atoms with Gasteiger partial charge in [0.2, 0.25) is 0 Å². The molecule has 0 radical (unpaired) electrons. The van der Waals surface area contributed by atoms with Crippen LogP contribution >= 0.6 is 15.9 Å². The number of halogens is 2. The van der Waals surface area contributed by atoms with Crippen molar-refractivity contribution in [2.24, 2.45) is 0 Å². The number of carbonyl (C=O) groups is 2. The van der Waals surface area contributed by atoms with Crippen LogP contribution < -0.4 is 0 Å². The van der Waals surface area contributed by atoms with Gasteiger partial charge in [0.05, 0.1) is 12.7 Å². The minimum Gasteiger partial charge on any atom is -0.467 e. The highest BCUT2D eigenvalue weighted by molar-refractivity contribution is 9.10. The molecule has 6 heteroatoms. The maximum absolute atomic E-state index is 13.3. The Morgan fingerprint density at radius 1 is 1.40 bits per heavy atom. The summed E-state index contributed by atoms with van der Waals surface area (Å²) < 4.78 is 18.6. The Morgan fingerprint density at radius 3 is 2.85 bits per heavy atom. The van der Waals surface area contributed by atoms with Crippen LogP contribution in [0, 0.1) is 5.82 Å². The van der Waals surface area contributed by atoms with E-state index in [-0.39, 0.29) is 11.5 Å². The number of benzene rings is 1. The second kappa shape index (κ2) is 6.35. The number of amides is 1. The van der Waals surface area contributed by atoms with Gasteiger partial charge in [-0.2, -0.15) is 0 Å². The molecule has 1 amide bonds. The number of piperidine rings is 1. The molecule has 0 aliphatic carbocycles. The molecule has 2 rings (SSSR count). The first kappa shape index (κ1) is 15.0. The monoisotopic (exact) mass is 343 g/mol. The number of rotatable bonds is 2. The van der Waals surface area contributed by atoms with E-state index in [1.807, 2.05) is 0 Å². The molecule has 1 aliphatic rings. The third-order valence-electron chi connectivity index (χ3n) is 3.40. The summed E-state index contributed by atoms with van der Waals surface area (Å²) in [6.45, 7) is 0.474. The van der Waals surface area contributed by atoms with Crippen molar-refractivity contribution in [2.45, 2.75) is 25.3 Å². The lowest BCUT2D eigenvalue weighted by molar-refractivity contribution is -0.147. The first-order chi connectivity index (χ1) is 9.54. The van der Waals surface area contributed by atoms with Crippen molar-refractivity contribution in [3.05, 3.63) is 34.1 Å². The SMILES string of the molecule is COC(=O)C1CCCCN1C(=O)c1cc(F)ccc1Br. The van der Waals surface area contributed by atoms with Crippen molar-refractivity contribution in [1.29, 1.82) is 0 Å². The summed E-state index contributed by atoms with van der Waals surface area (Å²) in [6.07, 6.45) is 2.27. The highest BCUT2D eigenvalue weighted by Crippen LogP contribution is 2.25. The molecule has 1 aliphatic heterocycles. The molecule has 0 saturated carbocycles. The third kappa shape index (κ3) is 3.00. The van der Waals surface area contributed by atoms with Gasteiger partial charge >= 0.3 is 5.97 Å². The second-order valence-corrected chi connectivity index (χ2v) is 5.51. The van der Waals surface area contributed by atoms with Crippen LogP contribution in [0.4, 0.5) is 4.39 Å². The number of likely N-dealkylation sites (tertiary alicyclic amines) is 1. The molecule has 1 aromatic carbocycles. The minimum atomic E-state index is -0.587. The number of hydrogen-bond acceptors (Lipinski definition) is 3. The lowest BCUT2D eigenvalue weighted by atomic mass is 10.0. The molecule has 1 aromatic rings. The van der Waals surface area contributed by atoms with Crippen LogP contribution in [0.15, 0.2) is 22.7 Å². The Kier molecular flexibility index (Phi) is 4.75. The topological polar surface area (TPSA) is 46.6 Å². The van der Waals surface area contributed by atoms with Gasteiger partial charge in [-0.15, -0.1) is 0 Å². The quantitative estimate of drug-likeness (QED) is 0.775. The van der Waals surface area contributed by atoms with Crippen LogP contribution in [-0.4, -0.2) is 36.5 Å². The molecule has 0 aromatic heterocycles. The highest BCUT2D eigenvalue weighted by Gasteiger charge is 2.34. The fourth-order valence-electron chi connectivity index (χ4n) is 2.37. The maximum atomic E-state index is 13.3. The van der Waals surface area contributed by atoms with E-state index in [4.69, 9.17) is 4.74 Å². The standard InChI is InChI=1S/C14H15BrFNO3/c1-20-14(19)12-4-2-3-7-17(12)13(18)10-8-9(16)5-6-11(10)15/h5-6,8,12H,2-4,7H2,1H3. The Bertz CT molecular complexity index is 535. The van der Waals surface area contributed by atoms with Crippen molar-refractivity contribution in [3.63, 3.8) is 0 Å². The van der Waals surface area contributed by atoms with Gasteiger partial charge in [0.1, 0.15) is 11.9 Å². The van der Waals surface area contributed by atoms with Crippen molar-refractivity contribution < 1.29 is 18.7 Å². The van der Waals surface area contributed by atoms with Gasteiger partial charge in [0.25, 0.3) is 5.91 Å². The third-order valence-corrected chi connectivity index (χ3v) is 4.09. The van der Waals surface area contributed by atoms with E-state index < -0.39 is 17.8 Å². The number of ether oxygens (including phenoxy) is 1. The van der Waals surface area contributed by atoms with Crippen LogP contribution in [-0.2, 0) is 9.53 Å². The molecule has 1 fully saturated rings. The molecule has 1 atom stereocenters. The summed E-state index contributed by atoms with van der Waals surface area (Å²) in [4.78, 5) is 25.8. The largest absolute Gasteiger partial charge is 0.467 e. The Balaban J connectivity index is 2.30. The Labute approximate surface area is 125 Å². The van der Waals surface area contributed by atoms with E-state index in [1.54, 1.807) is 0 Å². The lowest BCUT2D eigenvalue weighted by Gasteiger charge is -2.34. The average Bonchev–Trinajstić information content (AvgIpc) is 2.48. The van der Waals surface area contributed by atoms with Crippen LogP contribution in [0.1, 0.15) is 29.6 Å². The number of carbonyl (C=O) groups excluding carboxylic acids is 2. The number of methoxy groups -OCH3 is 1. The molecule has 0 N–H and O–H groups in total. The minimum absolute atomic E-state index is 0.223. The Morgan fingerprint density at radius 2 is 2.15 bits per heavy atom. The highest BCUT2D eigenvalue weighted by atomic mass is 79.9. The summed E-state index contributed by atoms with van der Waals surface area (Å²) in [5.74, 6) is -1.26. The van der Waals surface area contributed by atoms with E-state index >= 15 is 0 Å². The molecular weight excluding hydrogens is 329 g/mol. The Hall–Kier alpha value is -1.43. The van der Waals surface area contributed by atoms with E-state index in [2.05, 4.69) is 15.9 Å². The van der Waals surface area contributed by atoms with Gasteiger partial charge < -0.3 is 9.64 Å². The number of nitrogens with zero attached hydrogens (tertiary/aromatic N) is 1. The molecule has 1 unspecified atom stereocenters. The molecular formula is C14H15BrFNO3. The van der Waals surface area contributed by atoms with Gasteiger partial charge in [0.15, 0.2) is 0 Å². The van der Waals surface area contributed by atoms with E-state index in [0.717, 1.165) is 12.8 Å². The van der Waals surface area contributed by atoms with Crippen LogP contribution in [0.3, 0.4) is 0 Å². The molecule has 1 heterocycles. The molecule has 4 nitrogen and oxygen atoms in total. The zero-order chi connectivity index (χ0) is 14.7. The summed E-state index contributed by atoms with van der Waals surface area (Å²) >= 11 is 3.24. The van der Waals surface area contributed by atoms with Crippen LogP contribution in [0.5, 0.6) is 0 Å². The second-order valence-electron chi connectivity index (χ2n) is 4.66. The average molecular weight is 344 g/mol.